The van der Waals surface area contributed by atoms with Crippen LogP contribution in [0.2, 0.25) is 0 Å². The van der Waals surface area contributed by atoms with Gasteiger partial charge in [-0.2, -0.15) is 0 Å². The van der Waals surface area contributed by atoms with Crippen molar-refractivity contribution in [3.05, 3.63) is 0 Å². The zero-order valence-electron chi connectivity index (χ0n) is 4.08. The van der Waals surface area contributed by atoms with Crippen LogP contribution in [0.15, 0.2) is 0 Å². The molecule has 3 N–H and O–H groups in total. The van der Waals surface area contributed by atoms with E-state index in [9.17, 15) is 0 Å². The summed E-state index contributed by atoms with van der Waals surface area (Å²) < 4.78 is 0. The minimum absolute atomic E-state index is 0. The second-order valence-corrected chi connectivity index (χ2v) is 0. The first-order valence-corrected chi connectivity index (χ1v) is 1.29. The first kappa shape index (κ1) is 95.6. The summed E-state index contributed by atoms with van der Waals surface area (Å²) in [4.78, 5) is 0. The van der Waals surface area contributed by atoms with Crippen LogP contribution in [0, 0.1) is 0 Å². The van der Waals surface area contributed by atoms with Crippen LogP contribution < -0.4 is 71.5 Å². The third kappa shape index (κ3) is 107. The minimum atomic E-state index is 0. The number of rotatable bonds is 0. The summed E-state index contributed by atoms with van der Waals surface area (Å²) in [7, 11) is 8.22. The Morgan fingerprint density at radius 3 is 0.889 bits per heavy atom. The van der Waals surface area contributed by atoms with Gasteiger partial charge in [-0.25, -0.2) is 0 Å². The van der Waals surface area contributed by atoms with Gasteiger partial charge in [-0.3, -0.25) is 0 Å². The first-order valence-electron chi connectivity index (χ1n) is 0.143. The van der Waals surface area contributed by atoms with E-state index in [-0.39, 0.29) is 98.8 Å². The average molecular weight is 221 g/mol. The van der Waals surface area contributed by atoms with Gasteiger partial charge >= 0.3 is 59.1 Å². The molecule has 2 nitrogen and oxygen atoms in total. The Kier molecular flexibility index (Phi) is 1410. The molecule has 0 bridgehead atoms. The van der Waals surface area contributed by atoms with Gasteiger partial charge in [0.05, 0.1) is 0 Å². The van der Waals surface area contributed by atoms with Crippen molar-refractivity contribution in [1.29, 1.82) is 0 Å². The van der Waals surface area contributed by atoms with Gasteiger partial charge in [0.15, 0.2) is 0 Å². The van der Waals surface area contributed by atoms with E-state index >= 15 is 0 Å². The van der Waals surface area contributed by atoms with E-state index in [2.05, 4.69) is 21.7 Å². The van der Waals surface area contributed by atoms with E-state index < -0.39 is 0 Å². The first-order chi connectivity index (χ1) is 1.00. The predicted octanol–water partition coefficient (Wildman–Crippen LogP) is -7.09. The Morgan fingerprint density at radius 1 is 0.889 bits per heavy atom. The van der Waals surface area contributed by atoms with Crippen molar-refractivity contribution in [3.63, 3.8) is 0 Å². The molecule has 56 valence electrons. The van der Waals surface area contributed by atoms with Crippen LogP contribution in [0.1, 0.15) is 16.3 Å². The smallest absolute Gasteiger partial charge is 1.00 e. The van der Waals surface area contributed by atoms with E-state index in [1.54, 1.807) is 0 Å². The molecule has 0 saturated carbocycles. The Hall–Kier alpha value is 2.79. The molecule has 0 aromatic heterocycles. The van der Waals surface area contributed by atoms with Gasteiger partial charge in [0.25, 0.3) is 0 Å². The van der Waals surface area contributed by atoms with Crippen molar-refractivity contribution in [1.82, 2.24) is 0 Å². The Bertz CT molecular complexity index is 22.5. The van der Waals surface area contributed by atoms with Crippen molar-refractivity contribution in [2.45, 2.75) is 14.9 Å². The minimum Gasteiger partial charge on any atom is -1.00 e. The fraction of sp³-hybridized carbons (Fsp3) is 1.00. The summed E-state index contributed by atoms with van der Waals surface area (Å²) in [5.74, 6) is 0. The summed E-state index contributed by atoms with van der Waals surface area (Å²) in [6.07, 6.45) is 0. The van der Waals surface area contributed by atoms with Gasteiger partial charge in [0.1, 0.15) is 0 Å². The molecule has 7 heteroatoms. The summed E-state index contributed by atoms with van der Waals surface area (Å²) in [5.41, 5.74) is 0. The molecule has 0 amide bonds. The largest absolute Gasteiger partial charge is 1.00 e. The second-order valence-electron chi connectivity index (χ2n) is 0. The van der Waals surface area contributed by atoms with Gasteiger partial charge in [0, 0.05) is 23.1 Å². The summed E-state index contributed by atoms with van der Waals surface area (Å²) in [5, 5.41) is 0. The molecule has 0 aliphatic carbocycles. The molecule has 0 fully saturated rings. The molecule has 0 atom stereocenters. The molecule has 0 aromatic rings. The Morgan fingerprint density at radius 2 is 0.889 bits per heavy atom. The summed E-state index contributed by atoms with van der Waals surface area (Å²) in [6.45, 7) is 0. The van der Waals surface area contributed by atoms with E-state index in [4.69, 9.17) is 0 Å². The zero-order chi connectivity index (χ0) is 2.00. The average Bonchev–Trinajstić information content (AvgIpc) is 1.00. The molecule has 0 unspecified atom stereocenters. The van der Waals surface area contributed by atoms with Gasteiger partial charge in [-0.05, 0) is 0 Å². The monoisotopic (exact) mass is 220 g/mol. The van der Waals surface area contributed by atoms with E-state index in [0.717, 1.165) is 0 Å². The predicted molar refractivity (Wildman–Crippen MR) is 32.8 cm³/mol. The van der Waals surface area contributed by atoms with Crippen LogP contribution in [-0.4, -0.2) is 11.0 Å². The maximum atomic E-state index is 4.11. The maximum Gasteiger partial charge on any atom is 1.00 e. The van der Waals surface area contributed by atoms with Gasteiger partial charge < -0.3 is 23.4 Å². The molecule has 0 aromatic carbocycles. The van der Waals surface area contributed by atoms with Crippen LogP contribution in [0.5, 0.6) is 0 Å². The standard InChI is InChI=1S/2CH4.Cl2.ClH.2Na.2H2O.H2/c;;1-2;;;;;;/h2*1H4;;1H;;;2*1H2;1H/q;;;;2*+1;;;/p-2. The number of hydrogen-bond donors (Lipinski definition) is 0. The molecule has 0 radical (unpaired) electrons. The summed E-state index contributed by atoms with van der Waals surface area (Å²) in [6, 6.07) is 0. The van der Waals surface area contributed by atoms with Crippen LogP contribution in [0.25, 0.3) is 0 Å². The van der Waals surface area contributed by atoms with E-state index in [1.807, 2.05) is 0 Å². The van der Waals surface area contributed by atoms with Crippen molar-refractivity contribution in [2.24, 2.45) is 0 Å². The molecule has 0 spiro atoms. The summed E-state index contributed by atoms with van der Waals surface area (Å²) >= 11 is 0. The normalized spacial score (nSPS) is 0.667. The molecule has 0 aliphatic rings. The molecule has 0 saturated heterocycles. The van der Waals surface area contributed by atoms with Crippen molar-refractivity contribution < 1.29 is 83.9 Å². The van der Waals surface area contributed by atoms with Crippen molar-refractivity contribution >= 4 is 21.7 Å². The van der Waals surface area contributed by atoms with Crippen molar-refractivity contribution in [3.8, 4) is 0 Å². The van der Waals surface area contributed by atoms with Crippen LogP contribution >= 0.6 is 21.7 Å². The van der Waals surface area contributed by atoms with Gasteiger partial charge in [-0.15, -0.1) is 0 Å². The fourth-order valence-corrected chi connectivity index (χ4v) is 0. The second kappa shape index (κ2) is 133. The third-order valence-corrected chi connectivity index (χ3v) is 0. The van der Waals surface area contributed by atoms with Gasteiger partial charge in [0.2, 0.25) is 0 Å². The Balaban J connectivity index is -0.000000000179. The molecule has 9 heavy (non-hydrogen) atoms. The fourth-order valence-electron chi connectivity index (χ4n) is 0. The van der Waals surface area contributed by atoms with E-state index in [1.165, 1.54) is 0 Å². The molecule has 0 aliphatic heterocycles. The van der Waals surface area contributed by atoms with Crippen LogP contribution in [-0.2, 0) is 0 Å². The SMILES string of the molecule is C.C.ClCl.O.[Cl-].[HH].[Na+].[Na+].[OH-]. The molecule has 0 rings (SSSR count). The quantitative estimate of drug-likeness (QED) is 0.375. The van der Waals surface area contributed by atoms with Gasteiger partial charge in [-0.1, -0.05) is 14.9 Å². The molecule has 0 heterocycles. The maximum absolute atomic E-state index is 4.11. The van der Waals surface area contributed by atoms with Crippen molar-refractivity contribution in [2.75, 3.05) is 0 Å². The Labute approximate surface area is 119 Å². The number of hydrogen-bond acceptors (Lipinski definition) is 1. The number of halogens is 3. The van der Waals surface area contributed by atoms with Crippen LogP contribution in [0.4, 0.5) is 0 Å². The van der Waals surface area contributed by atoms with E-state index in [0.29, 0.717) is 0 Å². The topological polar surface area (TPSA) is 61.5 Å². The zero-order valence-corrected chi connectivity index (χ0v) is 10.3. The third-order valence-electron chi connectivity index (χ3n) is 0. The molecular formula is C2H13Cl3Na2O2. The molecular weight excluding hydrogens is 208 g/mol. The van der Waals surface area contributed by atoms with Crippen LogP contribution in [0.3, 0.4) is 0 Å².